The lowest BCUT2D eigenvalue weighted by Gasteiger charge is -2.25. The highest BCUT2D eigenvalue weighted by molar-refractivity contribution is 6.22. The van der Waals surface area contributed by atoms with Gasteiger partial charge in [-0.1, -0.05) is 24.3 Å². The van der Waals surface area contributed by atoms with Crippen LogP contribution >= 0.6 is 23.2 Å². The number of esters is 1. The van der Waals surface area contributed by atoms with Crippen LogP contribution in [0.2, 0.25) is 0 Å². The smallest absolute Gasteiger partial charge is 0.329 e. The molecule has 0 bridgehead atoms. The number of imide groups is 1. The number of fused-ring (bicyclic) bond motifs is 1. The Morgan fingerprint density at radius 2 is 1.52 bits per heavy atom. The third kappa shape index (κ3) is 5.02. The van der Waals surface area contributed by atoms with E-state index in [9.17, 15) is 14.4 Å². The van der Waals surface area contributed by atoms with Crippen LogP contribution in [0.4, 0.5) is 5.69 Å². The molecule has 0 saturated heterocycles. The maximum Gasteiger partial charge on any atom is 0.329 e. The van der Waals surface area contributed by atoms with Crippen LogP contribution in [-0.2, 0) is 16.0 Å². The SMILES string of the molecule is CCOC(=O)C(Cc1ccc(N(CCCl)CCCl)cc1)N1C(=O)c2ccccc2C1=O. The molecule has 0 saturated carbocycles. The van der Waals surface area contributed by atoms with E-state index < -0.39 is 23.8 Å². The van der Waals surface area contributed by atoms with E-state index in [4.69, 9.17) is 27.9 Å². The molecule has 1 aliphatic rings. The highest BCUT2D eigenvalue weighted by atomic mass is 35.5. The molecule has 1 aliphatic heterocycles. The minimum atomic E-state index is -1.04. The van der Waals surface area contributed by atoms with Crippen molar-refractivity contribution in [1.82, 2.24) is 4.90 Å². The van der Waals surface area contributed by atoms with E-state index in [-0.39, 0.29) is 13.0 Å². The number of hydrogen-bond acceptors (Lipinski definition) is 5. The first-order valence-electron chi connectivity index (χ1n) is 10.1. The Balaban J connectivity index is 1.85. The lowest BCUT2D eigenvalue weighted by atomic mass is 10.0. The Bertz CT molecular complexity index is 908. The third-order valence-electron chi connectivity index (χ3n) is 5.14. The van der Waals surface area contributed by atoms with Crippen molar-refractivity contribution < 1.29 is 19.1 Å². The van der Waals surface area contributed by atoms with Crippen LogP contribution in [0, 0.1) is 0 Å². The average Bonchev–Trinajstić information content (AvgIpc) is 3.03. The molecule has 2 amide bonds. The van der Waals surface area contributed by atoms with Crippen molar-refractivity contribution in [3.05, 3.63) is 65.2 Å². The highest BCUT2D eigenvalue weighted by Gasteiger charge is 2.43. The number of ether oxygens (including phenoxy) is 1. The van der Waals surface area contributed by atoms with Crippen LogP contribution in [0.3, 0.4) is 0 Å². The molecular formula is C23H24Cl2N2O4. The molecule has 0 radical (unpaired) electrons. The van der Waals surface area contributed by atoms with E-state index in [1.807, 2.05) is 24.3 Å². The maximum absolute atomic E-state index is 12.9. The molecule has 1 unspecified atom stereocenters. The molecule has 3 rings (SSSR count). The molecule has 0 fully saturated rings. The van der Waals surface area contributed by atoms with Crippen LogP contribution in [0.25, 0.3) is 0 Å². The first-order valence-corrected chi connectivity index (χ1v) is 11.2. The molecule has 1 heterocycles. The molecule has 0 aromatic heterocycles. The van der Waals surface area contributed by atoms with Crippen LogP contribution < -0.4 is 4.90 Å². The summed E-state index contributed by atoms with van der Waals surface area (Å²) in [7, 11) is 0. The summed E-state index contributed by atoms with van der Waals surface area (Å²) in [5.74, 6) is -0.615. The molecule has 8 heteroatoms. The van der Waals surface area contributed by atoms with Crippen molar-refractivity contribution in [2.75, 3.05) is 36.4 Å². The monoisotopic (exact) mass is 462 g/mol. The van der Waals surface area contributed by atoms with Gasteiger partial charge in [0, 0.05) is 37.0 Å². The van der Waals surface area contributed by atoms with Gasteiger partial charge in [-0.05, 0) is 36.8 Å². The number of amides is 2. The van der Waals surface area contributed by atoms with Gasteiger partial charge in [-0.15, -0.1) is 23.2 Å². The topological polar surface area (TPSA) is 66.9 Å². The number of carbonyl (C=O) groups excluding carboxylic acids is 3. The first kappa shape index (κ1) is 23.1. The van der Waals surface area contributed by atoms with Crippen LogP contribution in [0.5, 0.6) is 0 Å². The maximum atomic E-state index is 12.9. The number of nitrogens with zero attached hydrogens (tertiary/aromatic N) is 2. The minimum Gasteiger partial charge on any atom is -0.464 e. The van der Waals surface area contributed by atoms with Gasteiger partial charge in [0.2, 0.25) is 0 Å². The fourth-order valence-electron chi connectivity index (χ4n) is 3.65. The van der Waals surface area contributed by atoms with Gasteiger partial charge in [0.15, 0.2) is 0 Å². The molecule has 0 N–H and O–H groups in total. The molecule has 31 heavy (non-hydrogen) atoms. The zero-order valence-electron chi connectivity index (χ0n) is 17.2. The molecule has 2 aromatic rings. The molecule has 2 aromatic carbocycles. The van der Waals surface area contributed by atoms with E-state index in [1.54, 1.807) is 31.2 Å². The van der Waals surface area contributed by atoms with E-state index >= 15 is 0 Å². The summed E-state index contributed by atoms with van der Waals surface area (Å²) in [6, 6.07) is 13.1. The average molecular weight is 463 g/mol. The minimum absolute atomic E-state index is 0.156. The number of alkyl halides is 2. The summed E-state index contributed by atoms with van der Waals surface area (Å²) in [4.78, 5) is 41.6. The number of rotatable bonds is 10. The van der Waals surface area contributed by atoms with Gasteiger partial charge in [-0.2, -0.15) is 0 Å². The van der Waals surface area contributed by atoms with Crippen LogP contribution in [0.1, 0.15) is 33.2 Å². The zero-order valence-corrected chi connectivity index (χ0v) is 18.7. The van der Waals surface area contributed by atoms with Gasteiger partial charge in [0.05, 0.1) is 17.7 Å². The lowest BCUT2D eigenvalue weighted by Crippen LogP contribution is -2.47. The van der Waals surface area contributed by atoms with Crippen LogP contribution in [-0.4, -0.2) is 60.2 Å². The van der Waals surface area contributed by atoms with Gasteiger partial charge < -0.3 is 9.64 Å². The normalized spacial score (nSPS) is 13.8. The quantitative estimate of drug-likeness (QED) is 0.305. The summed E-state index contributed by atoms with van der Waals surface area (Å²) in [5.41, 5.74) is 2.36. The molecule has 164 valence electrons. The Hall–Kier alpha value is -2.57. The summed E-state index contributed by atoms with van der Waals surface area (Å²) in [6.07, 6.45) is 0.162. The van der Waals surface area contributed by atoms with Gasteiger partial charge >= 0.3 is 5.97 Å². The van der Waals surface area contributed by atoms with Gasteiger partial charge in [-0.3, -0.25) is 14.5 Å². The van der Waals surface area contributed by atoms with Crippen molar-refractivity contribution in [2.45, 2.75) is 19.4 Å². The van der Waals surface area contributed by atoms with Crippen molar-refractivity contribution in [2.24, 2.45) is 0 Å². The molecule has 0 aliphatic carbocycles. The van der Waals surface area contributed by atoms with E-state index in [1.165, 1.54) is 0 Å². The molecule has 1 atom stereocenters. The number of benzene rings is 2. The Morgan fingerprint density at radius 3 is 2.00 bits per heavy atom. The number of carbonyl (C=O) groups is 3. The van der Waals surface area contributed by atoms with Crippen molar-refractivity contribution in [3.63, 3.8) is 0 Å². The summed E-state index contributed by atoms with van der Waals surface area (Å²) in [5, 5.41) is 0. The first-order chi connectivity index (χ1) is 15.0. The van der Waals surface area contributed by atoms with Gasteiger partial charge in [0.1, 0.15) is 6.04 Å². The molecule has 0 spiro atoms. The fraction of sp³-hybridized carbons (Fsp3) is 0.348. The molecular weight excluding hydrogens is 439 g/mol. The third-order valence-corrected chi connectivity index (χ3v) is 5.47. The Morgan fingerprint density at radius 1 is 0.968 bits per heavy atom. The Labute approximate surface area is 191 Å². The zero-order chi connectivity index (χ0) is 22.4. The van der Waals surface area contributed by atoms with Crippen molar-refractivity contribution >= 4 is 46.7 Å². The number of hydrogen-bond donors (Lipinski definition) is 0. The fourth-order valence-corrected chi connectivity index (χ4v) is 4.06. The van der Waals surface area contributed by atoms with Gasteiger partial charge in [-0.25, -0.2) is 4.79 Å². The van der Waals surface area contributed by atoms with Gasteiger partial charge in [0.25, 0.3) is 11.8 Å². The largest absolute Gasteiger partial charge is 0.464 e. The summed E-state index contributed by atoms with van der Waals surface area (Å²) >= 11 is 11.8. The Kier molecular flexibility index (Phi) is 7.93. The number of anilines is 1. The van der Waals surface area contributed by atoms with Crippen molar-refractivity contribution in [3.8, 4) is 0 Å². The summed E-state index contributed by atoms with van der Waals surface area (Å²) in [6.45, 7) is 3.17. The van der Waals surface area contributed by atoms with E-state index in [2.05, 4.69) is 4.90 Å². The number of halogens is 2. The highest BCUT2D eigenvalue weighted by Crippen LogP contribution is 2.27. The standard InChI is InChI=1S/C23H24Cl2N2O4/c1-2-31-23(30)20(27-21(28)18-5-3-4-6-19(18)22(27)29)15-16-7-9-17(10-8-16)26(13-11-24)14-12-25/h3-10,20H,2,11-15H2,1H3. The predicted octanol–water partition coefficient (Wildman–Crippen LogP) is 3.74. The van der Waals surface area contributed by atoms with Crippen LogP contribution in [0.15, 0.2) is 48.5 Å². The van der Waals surface area contributed by atoms with Crippen molar-refractivity contribution in [1.29, 1.82) is 0 Å². The molecule has 6 nitrogen and oxygen atoms in total. The lowest BCUT2D eigenvalue weighted by molar-refractivity contribution is -0.147. The second-order valence-corrected chi connectivity index (χ2v) is 7.79. The summed E-state index contributed by atoms with van der Waals surface area (Å²) < 4.78 is 5.19. The second kappa shape index (κ2) is 10.6. The van der Waals surface area contributed by atoms with E-state index in [0.717, 1.165) is 16.2 Å². The second-order valence-electron chi connectivity index (χ2n) is 7.03. The van der Waals surface area contributed by atoms with E-state index in [0.29, 0.717) is 36.0 Å². The predicted molar refractivity (Wildman–Crippen MR) is 121 cm³/mol.